The van der Waals surface area contributed by atoms with Crippen LogP contribution in [-0.4, -0.2) is 25.1 Å². The smallest absolute Gasteiger partial charge is 0.297 e. The van der Waals surface area contributed by atoms with Crippen LogP contribution in [-0.2, 0) is 21.9 Å². The number of furan rings is 1. The third-order valence-electron chi connectivity index (χ3n) is 5.76. The predicted octanol–water partition coefficient (Wildman–Crippen LogP) is 2.77. The monoisotopic (exact) mass is 432 g/mol. The number of fused-ring (bicyclic) bond motifs is 5. The van der Waals surface area contributed by atoms with Crippen molar-refractivity contribution >= 4 is 38.9 Å². The molecule has 2 aliphatic carbocycles. The normalized spacial score (nSPS) is 17.3. The Bertz CT molecular complexity index is 1220. The van der Waals surface area contributed by atoms with Crippen molar-refractivity contribution in [3.63, 3.8) is 0 Å². The van der Waals surface area contributed by atoms with Gasteiger partial charge in [-0.3, -0.25) is 14.3 Å². The van der Waals surface area contributed by atoms with E-state index in [-0.39, 0.29) is 22.3 Å². The molecule has 0 saturated carbocycles. The van der Waals surface area contributed by atoms with E-state index in [1.54, 1.807) is 6.07 Å². The molecule has 1 heterocycles. The lowest BCUT2D eigenvalue weighted by Gasteiger charge is -2.34. The molecule has 2 aromatic rings. The first-order valence-corrected chi connectivity index (χ1v) is 11.1. The van der Waals surface area contributed by atoms with Crippen LogP contribution in [0.1, 0.15) is 64.1 Å². The Hall–Kier alpha value is -2.52. The van der Waals surface area contributed by atoms with E-state index < -0.39 is 31.8 Å². The second kappa shape index (κ2) is 6.24. The molecule has 0 radical (unpaired) electrons. The zero-order valence-electron chi connectivity index (χ0n) is 16.2. The molecule has 2 aliphatic rings. The minimum absolute atomic E-state index is 0.0270. The van der Waals surface area contributed by atoms with E-state index >= 15 is 0 Å². The first-order chi connectivity index (χ1) is 13.5. The third-order valence-corrected chi connectivity index (χ3v) is 7.36. The first kappa shape index (κ1) is 19.8. The van der Waals surface area contributed by atoms with Gasteiger partial charge in [0.25, 0.3) is 10.0 Å². The molecule has 0 amide bonds. The van der Waals surface area contributed by atoms with Gasteiger partial charge in [-0.25, -0.2) is 0 Å². The number of rotatable bonds is 2. The molecule has 0 atom stereocenters. The summed E-state index contributed by atoms with van der Waals surface area (Å²) in [4.78, 5) is 26.0. The van der Waals surface area contributed by atoms with Gasteiger partial charge in [0, 0.05) is 16.7 Å². The summed E-state index contributed by atoms with van der Waals surface area (Å²) in [5, 5.41) is -0.916. The number of hydrogen-bond donors (Lipinski definition) is 2. The predicted molar refractivity (Wildman–Crippen MR) is 111 cm³/mol. The van der Waals surface area contributed by atoms with Crippen molar-refractivity contribution in [2.45, 2.75) is 50.5 Å². The fourth-order valence-corrected chi connectivity index (χ4v) is 5.83. The van der Waals surface area contributed by atoms with Crippen molar-refractivity contribution in [2.75, 3.05) is 0 Å². The van der Waals surface area contributed by atoms with Gasteiger partial charge in [0.1, 0.15) is 5.76 Å². The number of nitrogens with two attached hydrogens (primary N) is 1. The average Bonchev–Trinajstić information content (AvgIpc) is 2.96. The zero-order chi connectivity index (χ0) is 21.3. The number of hydrogen-bond acceptors (Lipinski definition) is 6. The molecule has 1 aromatic carbocycles. The second-order valence-corrected chi connectivity index (χ2v) is 10.1. The van der Waals surface area contributed by atoms with E-state index in [2.05, 4.69) is 26.1 Å². The van der Waals surface area contributed by atoms with Crippen LogP contribution < -0.4 is 10.5 Å². The molecule has 9 heteroatoms. The molecule has 0 bridgehead atoms. The standard InChI is InChI=1S/C20H20N2O5S2/c1-9-13-15(23)16(24)14-10-5-4-8-20(2,3)12(10)7-6-11(14)17(13)27-18(9)29(25,26)22-19(21)28/h6-7H,4-5,8H2,1-3H3,(H3,21,22,28). The molecule has 1 aromatic heterocycles. The molecular weight excluding hydrogens is 412 g/mol. The van der Waals surface area contributed by atoms with Gasteiger partial charge in [-0.05, 0) is 54.9 Å². The maximum absolute atomic E-state index is 13.1. The summed E-state index contributed by atoms with van der Waals surface area (Å²) in [6.45, 7) is 5.65. The Labute approximate surface area is 173 Å². The molecule has 3 N–H and O–H groups in total. The highest BCUT2D eigenvalue weighted by Gasteiger charge is 2.42. The van der Waals surface area contributed by atoms with Gasteiger partial charge < -0.3 is 10.2 Å². The number of Topliss-reactive ketones (excluding diaryl/α,β-unsaturated/α-hetero) is 2. The number of ketones is 2. The average molecular weight is 433 g/mol. The van der Waals surface area contributed by atoms with Crippen LogP contribution in [0.2, 0.25) is 0 Å². The van der Waals surface area contributed by atoms with Crippen LogP contribution in [0.15, 0.2) is 21.6 Å². The summed E-state index contributed by atoms with van der Waals surface area (Å²) in [5.74, 6) is -1.30. The quantitative estimate of drug-likeness (QED) is 0.553. The van der Waals surface area contributed by atoms with Crippen molar-refractivity contribution in [2.24, 2.45) is 5.73 Å². The van der Waals surface area contributed by atoms with Crippen LogP contribution in [0.3, 0.4) is 0 Å². The van der Waals surface area contributed by atoms with E-state index in [9.17, 15) is 18.0 Å². The molecule has 7 nitrogen and oxygen atoms in total. The summed E-state index contributed by atoms with van der Waals surface area (Å²) in [7, 11) is -4.21. The maximum atomic E-state index is 13.1. The van der Waals surface area contributed by atoms with Gasteiger partial charge in [-0.1, -0.05) is 26.0 Å². The fourth-order valence-electron chi connectivity index (χ4n) is 4.45. The van der Waals surface area contributed by atoms with Crippen LogP contribution in [0.25, 0.3) is 11.3 Å². The molecule has 0 unspecified atom stereocenters. The molecule has 4 rings (SSSR count). The van der Waals surface area contributed by atoms with Gasteiger partial charge in [0.15, 0.2) is 5.11 Å². The number of carbonyl (C=O) groups is 2. The molecule has 152 valence electrons. The lowest BCUT2D eigenvalue weighted by molar-refractivity contribution is 0.0813. The van der Waals surface area contributed by atoms with Crippen LogP contribution in [0.4, 0.5) is 0 Å². The Kier molecular flexibility index (Phi) is 4.25. The lowest BCUT2D eigenvalue weighted by Crippen LogP contribution is -2.34. The minimum atomic E-state index is -4.21. The van der Waals surface area contributed by atoms with Crippen molar-refractivity contribution in [3.05, 3.63) is 39.9 Å². The van der Waals surface area contributed by atoms with Crippen LogP contribution in [0.5, 0.6) is 0 Å². The highest BCUT2D eigenvalue weighted by molar-refractivity contribution is 7.91. The van der Waals surface area contributed by atoms with Crippen molar-refractivity contribution in [1.29, 1.82) is 0 Å². The summed E-state index contributed by atoms with van der Waals surface area (Å²) in [6.07, 6.45) is 2.57. The third kappa shape index (κ3) is 2.83. The second-order valence-electron chi connectivity index (χ2n) is 8.10. The summed E-state index contributed by atoms with van der Waals surface area (Å²) in [6, 6.07) is 3.68. The lowest BCUT2D eigenvalue weighted by atomic mass is 9.69. The van der Waals surface area contributed by atoms with Gasteiger partial charge in [-0.15, -0.1) is 0 Å². The minimum Gasteiger partial charge on any atom is -0.442 e. The SMILES string of the molecule is Cc1c(S(=O)(=O)NC(N)=S)oc2c1C(=O)C(=O)c1c-2ccc2c1CCCC2(C)C. The highest BCUT2D eigenvalue weighted by atomic mass is 32.2. The van der Waals surface area contributed by atoms with Crippen LogP contribution >= 0.6 is 12.2 Å². The van der Waals surface area contributed by atoms with Crippen LogP contribution in [0, 0.1) is 6.92 Å². The number of sulfonamides is 1. The van der Waals surface area contributed by atoms with Gasteiger partial charge in [0.2, 0.25) is 16.7 Å². The van der Waals surface area contributed by atoms with E-state index in [0.717, 1.165) is 24.0 Å². The Morgan fingerprint density at radius 3 is 2.52 bits per heavy atom. The molecule has 0 spiro atoms. The molecule has 0 aliphatic heterocycles. The summed E-state index contributed by atoms with van der Waals surface area (Å²) < 4.78 is 32.7. The molecule has 0 fully saturated rings. The molecule has 0 saturated heterocycles. The Morgan fingerprint density at radius 1 is 1.21 bits per heavy atom. The number of benzene rings is 1. The van der Waals surface area contributed by atoms with Crippen molar-refractivity contribution in [3.8, 4) is 11.3 Å². The van der Waals surface area contributed by atoms with Gasteiger partial charge in [-0.2, -0.15) is 8.42 Å². The van der Waals surface area contributed by atoms with E-state index in [0.29, 0.717) is 17.5 Å². The number of thiocarbonyl (C=S) groups is 1. The van der Waals surface area contributed by atoms with E-state index in [1.165, 1.54) is 6.92 Å². The van der Waals surface area contributed by atoms with Crippen molar-refractivity contribution in [1.82, 2.24) is 4.72 Å². The first-order valence-electron chi connectivity index (χ1n) is 9.17. The number of carbonyl (C=O) groups excluding carboxylic acids is 2. The molecule has 29 heavy (non-hydrogen) atoms. The fraction of sp³-hybridized carbons (Fsp3) is 0.350. The summed E-state index contributed by atoms with van der Waals surface area (Å²) >= 11 is 4.61. The van der Waals surface area contributed by atoms with E-state index in [1.807, 2.05) is 10.8 Å². The zero-order valence-corrected chi connectivity index (χ0v) is 17.8. The summed E-state index contributed by atoms with van der Waals surface area (Å²) in [5.41, 5.74) is 7.88. The van der Waals surface area contributed by atoms with E-state index in [4.69, 9.17) is 10.2 Å². The largest absolute Gasteiger partial charge is 0.442 e. The number of nitrogens with one attached hydrogen (secondary N) is 1. The van der Waals surface area contributed by atoms with Gasteiger partial charge >= 0.3 is 0 Å². The van der Waals surface area contributed by atoms with Crippen molar-refractivity contribution < 1.29 is 22.4 Å². The maximum Gasteiger partial charge on any atom is 0.297 e. The Morgan fingerprint density at radius 2 is 1.86 bits per heavy atom. The highest BCUT2D eigenvalue weighted by Crippen LogP contribution is 2.46. The topological polar surface area (TPSA) is 119 Å². The Balaban J connectivity index is 2.00. The van der Waals surface area contributed by atoms with Gasteiger partial charge in [0.05, 0.1) is 5.56 Å². The molecular formula is C20H20N2O5S2.